The molecule has 3 N–H and O–H groups in total. The highest BCUT2D eigenvalue weighted by Crippen LogP contribution is 2.29. The number of carboxylic acid groups (broad SMARTS) is 1. The number of nitrogens with two attached hydrogens (primary N) is 1. The quantitative estimate of drug-likeness (QED) is 0.820. The lowest BCUT2D eigenvalue weighted by molar-refractivity contribution is -0.141. The number of benzene rings is 1. The molecule has 0 bridgehead atoms. The van der Waals surface area contributed by atoms with Gasteiger partial charge >= 0.3 is 12.1 Å². The molecule has 2 aromatic rings. The number of carboxylic acids is 1. The normalized spacial score (nSPS) is 11.5. The maximum Gasteiger partial charge on any atom is 0.435 e. The van der Waals surface area contributed by atoms with Gasteiger partial charge in [-0.3, -0.25) is 0 Å². The van der Waals surface area contributed by atoms with Crippen molar-refractivity contribution in [1.29, 1.82) is 0 Å². The van der Waals surface area contributed by atoms with Crippen LogP contribution in [-0.2, 0) is 6.18 Å². The van der Waals surface area contributed by atoms with Gasteiger partial charge in [-0.2, -0.15) is 18.3 Å². The maximum atomic E-state index is 12.5. The first-order chi connectivity index (χ1) is 8.79. The second kappa shape index (κ2) is 4.30. The van der Waals surface area contributed by atoms with Gasteiger partial charge in [-0.15, -0.1) is 0 Å². The minimum atomic E-state index is -4.71. The number of aromatic carboxylic acids is 1. The number of alkyl halides is 3. The molecule has 5 nitrogen and oxygen atoms in total. The van der Waals surface area contributed by atoms with Gasteiger partial charge in [-0.1, -0.05) is 6.07 Å². The zero-order chi connectivity index (χ0) is 14.2. The smallest absolute Gasteiger partial charge is 0.435 e. The zero-order valence-electron chi connectivity index (χ0n) is 9.35. The number of nitrogen functional groups attached to an aromatic ring is 1. The second-order valence-corrected chi connectivity index (χ2v) is 3.72. The summed E-state index contributed by atoms with van der Waals surface area (Å²) in [6.45, 7) is 0. The Morgan fingerprint density at radius 2 is 2.00 bits per heavy atom. The average Bonchev–Trinajstić information content (AvgIpc) is 2.73. The number of hydrogen-bond acceptors (Lipinski definition) is 3. The Kier molecular flexibility index (Phi) is 2.93. The van der Waals surface area contributed by atoms with Crippen LogP contribution in [0.25, 0.3) is 5.69 Å². The summed E-state index contributed by atoms with van der Waals surface area (Å²) in [5.41, 5.74) is 4.08. The van der Waals surface area contributed by atoms with Crippen molar-refractivity contribution in [3.05, 3.63) is 41.7 Å². The maximum absolute atomic E-state index is 12.5. The third-order valence-corrected chi connectivity index (χ3v) is 2.33. The molecular formula is C11H8F3N3O2. The molecule has 8 heteroatoms. The van der Waals surface area contributed by atoms with Crippen molar-refractivity contribution in [2.75, 3.05) is 5.73 Å². The molecule has 1 aromatic heterocycles. The first-order valence-electron chi connectivity index (χ1n) is 5.05. The molecule has 0 fully saturated rings. The van der Waals surface area contributed by atoms with E-state index in [2.05, 4.69) is 5.10 Å². The van der Waals surface area contributed by atoms with E-state index in [4.69, 9.17) is 10.8 Å². The molecule has 2 rings (SSSR count). The molecule has 0 spiro atoms. The number of anilines is 1. The highest BCUT2D eigenvalue weighted by Gasteiger charge is 2.36. The van der Waals surface area contributed by atoms with Gasteiger partial charge in [0.05, 0.1) is 5.69 Å². The van der Waals surface area contributed by atoms with E-state index in [1.807, 2.05) is 0 Å². The number of nitrogens with zero attached hydrogens (tertiary/aromatic N) is 2. The minimum Gasteiger partial charge on any atom is -0.477 e. The Morgan fingerprint density at radius 3 is 2.53 bits per heavy atom. The van der Waals surface area contributed by atoms with Crippen molar-refractivity contribution < 1.29 is 23.1 Å². The minimum absolute atomic E-state index is 0.146. The lowest BCUT2D eigenvalue weighted by atomic mass is 10.2. The number of rotatable bonds is 2. The van der Waals surface area contributed by atoms with Crippen molar-refractivity contribution in [1.82, 2.24) is 9.78 Å². The summed E-state index contributed by atoms with van der Waals surface area (Å²) in [5, 5.41) is 12.2. The fourth-order valence-electron chi connectivity index (χ4n) is 1.53. The zero-order valence-corrected chi connectivity index (χ0v) is 9.35. The summed E-state index contributed by atoms with van der Waals surface area (Å²) < 4.78 is 38.3. The standard InChI is InChI=1S/C11H8F3N3O2/c12-11(13,14)9-5-8(10(18)19)17(16-9)7-3-1-2-6(15)4-7/h1-5H,15H2,(H,18,19). The van der Waals surface area contributed by atoms with E-state index in [0.29, 0.717) is 10.7 Å². The predicted molar refractivity (Wildman–Crippen MR) is 59.9 cm³/mol. The van der Waals surface area contributed by atoms with Crippen molar-refractivity contribution in [2.45, 2.75) is 6.18 Å². The van der Waals surface area contributed by atoms with Crippen LogP contribution in [0.15, 0.2) is 30.3 Å². The molecule has 0 amide bonds. The fraction of sp³-hybridized carbons (Fsp3) is 0.0909. The molecule has 0 saturated carbocycles. The van der Waals surface area contributed by atoms with E-state index in [0.717, 1.165) is 0 Å². The molecule has 0 aliphatic heterocycles. The molecule has 0 unspecified atom stereocenters. The number of carbonyl (C=O) groups is 1. The van der Waals surface area contributed by atoms with E-state index in [9.17, 15) is 18.0 Å². The van der Waals surface area contributed by atoms with Crippen LogP contribution in [0.4, 0.5) is 18.9 Å². The summed E-state index contributed by atoms with van der Waals surface area (Å²) in [5.74, 6) is -1.51. The molecular weight excluding hydrogens is 263 g/mol. The first-order valence-corrected chi connectivity index (χ1v) is 5.05. The highest BCUT2D eigenvalue weighted by atomic mass is 19.4. The molecule has 1 heterocycles. The van der Waals surface area contributed by atoms with Gasteiger partial charge in [-0.25, -0.2) is 9.48 Å². The van der Waals surface area contributed by atoms with Crippen LogP contribution < -0.4 is 5.73 Å². The Labute approximate surface area is 105 Å². The number of hydrogen-bond donors (Lipinski definition) is 2. The van der Waals surface area contributed by atoms with Crippen molar-refractivity contribution in [3.8, 4) is 5.69 Å². The Balaban J connectivity index is 2.62. The first kappa shape index (κ1) is 12.9. The van der Waals surface area contributed by atoms with Crippen LogP contribution in [-0.4, -0.2) is 20.9 Å². The van der Waals surface area contributed by atoms with Crippen LogP contribution in [0.2, 0.25) is 0 Å². The molecule has 0 saturated heterocycles. The second-order valence-electron chi connectivity index (χ2n) is 3.72. The highest BCUT2D eigenvalue weighted by molar-refractivity contribution is 5.86. The van der Waals surface area contributed by atoms with Crippen molar-refractivity contribution >= 4 is 11.7 Å². The lowest BCUT2D eigenvalue weighted by Gasteiger charge is -2.05. The van der Waals surface area contributed by atoms with Gasteiger partial charge in [0, 0.05) is 11.8 Å². The summed E-state index contributed by atoms with van der Waals surface area (Å²) >= 11 is 0. The summed E-state index contributed by atoms with van der Waals surface area (Å²) in [6.07, 6.45) is -4.71. The largest absolute Gasteiger partial charge is 0.477 e. The molecule has 1 aromatic carbocycles. The Bertz CT molecular complexity index is 634. The monoisotopic (exact) mass is 271 g/mol. The van der Waals surface area contributed by atoms with Crippen molar-refractivity contribution in [2.24, 2.45) is 0 Å². The average molecular weight is 271 g/mol. The number of aromatic nitrogens is 2. The van der Waals surface area contributed by atoms with E-state index in [1.165, 1.54) is 24.3 Å². The van der Waals surface area contributed by atoms with Crippen LogP contribution in [0.3, 0.4) is 0 Å². The van der Waals surface area contributed by atoms with E-state index >= 15 is 0 Å². The Morgan fingerprint density at radius 1 is 1.32 bits per heavy atom. The molecule has 0 aliphatic rings. The molecule has 0 atom stereocenters. The van der Waals surface area contributed by atoms with Crippen LogP contribution in [0.1, 0.15) is 16.2 Å². The molecule has 0 radical (unpaired) electrons. The molecule has 0 aliphatic carbocycles. The van der Waals surface area contributed by atoms with Crippen molar-refractivity contribution in [3.63, 3.8) is 0 Å². The van der Waals surface area contributed by atoms with Crippen LogP contribution in [0, 0.1) is 0 Å². The SMILES string of the molecule is Nc1cccc(-n2nc(C(F)(F)F)cc2C(=O)O)c1. The third kappa shape index (κ3) is 2.51. The van der Waals surface area contributed by atoms with Gasteiger partial charge in [0.25, 0.3) is 0 Å². The molecule has 100 valence electrons. The summed E-state index contributed by atoms with van der Waals surface area (Å²) in [7, 11) is 0. The van der Waals surface area contributed by atoms with Gasteiger partial charge in [-0.05, 0) is 18.2 Å². The van der Waals surface area contributed by atoms with Crippen LogP contribution in [0.5, 0.6) is 0 Å². The number of halogens is 3. The van der Waals surface area contributed by atoms with E-state index in [-0.39, 0.29) is 11.4 Å². The van der Waals surface area contributed by atoms with Gasteiger partial charge < -0.3 is 10.8 Å². The van der Waals surface area contributed by atoms with Crippen LogP contribution >= 0.6 is 0 Å². The predicted octanol–water partition coefficient (Wildman–Crippen LogP) is 2.17. The van der Waals surface area contributed by atoms with E-state index < -0.39 is 23.5 Å². The van der Waals surface area contributed by atoms with Gasteiger partial charge in [0.15, 0.2) is 11.4 Å². The van der Waals surface area contributed by atoms with Gasteiger partial charge in [0.1, 0.15) is 0 Å². The summed E-state index contributed by atoms with van der Waals surface area (Å²) in [4.78, 5) is 11.0. The fourth-order valence-corrected chi connectivity index (χ4v) is 1.53. The Hall–Kier alpha value is -2.51. The third-order valence-electron chi connectivity index (χ3n) is 2.33. The van der Waals surface area contributed by atoms with Gasteiger partial charge in [0.2, 0.25) is 0 Å². The van der Waals surface area contributed by atoms with E-state index in [1.54, 1.807) is 0 Å². The summed E-state index contributed by atoms with van der Waals surface area (Å²) in [6, 6.07) is 6.24. The topological polar surface area (TPSA) is 81.1 Å². The molecule has 19 heavy (non-hydrogen) atoms. The lowest BCUT2D eigenvalue weighted by Crippen LogP contribution is -2.09.